The fourth-order valence-electron chi connectivity index (χ4n) is 4.00. The van der Waals surface area contributed by atoms with E-state index in [1.807, 2.05) is 12.3 Å². The molecule has 1 unspecified atom stereocenters. The predicted molar refractivity (Wildman–Crippen MR) is 81.8 cm³/mol. The van der Waals surface area contributed by atoms with Crippen LogP contribution in [-0.2, 0) is 0 Å². The molecule has 5 nitrogen and oxygen atoms in total. The lowest BCUT2D eigenvalue weighted by molar-refractivity contribution is -0.770. The number of urea groups is 1. The van der Waals surface area contributed by atoms with Crippen molar-refractivity contribution in [3.05, 3.63) is 18.5 Å². The summed E-state index contributed by atoms with van der Waals surface area (Å²) >= 11 is 0. The topological polar surface area (TPSA) is 62.2 Å². The van der Waals surface area contributed by atoms with Gasteiger partial charge in [0.05, 0.1) is 11.6 Å². The van der Waals surface area contributed by atoms with Gasteiger partial charge in [-0.1, -0.05) is 19.3 Å². The number of aromatic amines is 1. The molecule has 1 aliphatic carbocycles. The first-order valence-electron chi connectivity index (χ1n) is 7.90. The van der Waals surface area contributed by atoms with E-state index in [0.717, 1.165) is 27.3 Å². The van der Waals surface area contributed by atoms with E-state index in [0.29, 0.717) is 12.0 Å². The number of aromatic nitrogens is 2. The fourth-order valence-corrected chi connectivity index (χ4v) is 4.00. The van der Waals surface area contributed by atoms with Gasteiger partial charge in [0.1, 0.15) is 17.4 Å². The van der Waals surface area contributed by atoms with Crippen LogP contribution < -0.4 is 10.2 Å². The second-order valence-corrected chi connectivity index (χ2v) is 6.34. The van der Waals surface area contributed by atoms with Gasteiger partial charge in [0.15, 0.2) is 5.69 Å². The van der Waals surface area contributed by atoms with E-state index in [1.165, 1.54) is 32.1 Å². The van der Waals surface area contributed by atoms with Gasteiger partial charge in [-0.25, -0.2) is 14.7 Å². The molecule has 0 saturated heterocycles. The molecule has 2 aromatic rings. The molecule has 5 heteroatoms. The number of carbonyl (C=O) groups is 1. The monoisotopic (exact) mass is 285 g/mol. The molecule has 0 aromatic carbocycles. The van der Waals surface area contributed by atoms with Gasteiger partial charge in [0.2, 0.25) is 0 Å². The summed E-state index contributed by atoms with van der Waals surface area (Å²) in [5, 5.41) is 4.06. The van der Waals surface area contributed by atoms with Gasteiger partial charge in [0, 0.05) is 12.1 Å². The van der Waals surface area contributed by atoms with Crippen LogP contribution in [0.5, 0.6) is 0 Å². The first kappa shape index (κ1) is 12.8. The van der Waals surface area contributed by atoms with E-state index in [9.17, 15) is 4.79 Å². The van der Waals surface area contributed by atoms with E-state index in [-0.39, 0.29) is 6.03 Å². The molecule has 3 N–H and O–H groups in total. The van der Waals surface area contributed by atoms with Gasteiger partial charge in [-0.15, -0.1) is 0 Å². The Labute approximate surface area is 123 Å². The molecule has 2 aliphatic rings. The van der Waals surface area contributed by atoms with E-state index in [4.69, 9.17) is 0 Å². The number of anilines is 1. The molecule has 110 valence electrons. The van der Waals surface area contributed by atoms with Crippen LogP contribution in [0.4, 0.5) is 16.2 Å². The molecule has 2 amide bonds. The number of fused-ring (bicyclic) bond motifs is 3. The highest BCUT2D eigenvalue weighted by atomic mass is 16.2. The van der Waals surface area contributed by atoms with Crippen LogP contribution in [0, 0.1) is 5.92 Å². The molecule has 0 spiro atoms. The van der Waals surface area contributed by atoms with Gasteiger partial charge < -0.3 is 4.98 Å². The van der Waals surface area contributed by atoms with Crippen molar-refractivity contribution < 1.29 is 9.69 Å². The summed E-state index contributed by atoms with van der Waals surface area (Å²) in [6, 6.07) is 2.40. The second-order valence-electron chi connectivity index (χ2n) is 6.34. The van der Waals surface area contributed by atoms with E-state index < -0.39 is 0 Å². The van der Waals surface area contributed by atoms with Crippen molar-refractivity contribution in [2.24, 2.45) is 5.92 Å². The molecule has 0 radical (unpaired) electrons. The third-order valence-electron chi connectivity index (χ3n) is 5.16. The molecular weight excluding hydrogens is 264 g/mol. The normalized spacial score (nSPS) is 24.0. The Balaban J connectivity index is 1.76. The number of pyridine rings is 1. The Hall–Kier alpha value is -1.88. The highest BCUT2D eigenvalue weighted by molar-refractivity contribution is 6.02. The zero-order valence-electron chi connectivity index (χ0n) is 12.3. The quantitative estimate of drug-likeness (QED) is 0.794. The van der Waals surface area contributed by atoms with Crippen LogP contribution in [0.1, 0.15) is 39.0 Å². The van der Waals surface area contributed by atoms with Gasteiger partial charge in [0.25, 0.3) is 0 Å². The first-order chi connectivity index (χ1) is 10.3. The minimum Gasteiger partial charge on any atom is -0.346 e. The zero-order chi connectivity index (χ0) is 14.4. The van der Waals surface area contributed by atoms with Crippen molar-refractivity contribution in [2.45, 2.75) is 45.1 Å². The lowest BCUT2D eigenvalue weighted by Gasteiger charge is -2.29. The van der Waals surface area contributed by atoms with Crippen LogP contribution in [0.3, 0.4) is 0 Å². The summed E-state index contributed by atoms with van der Waals surface area (Å²) in [6.07, 6.45) is 10.1. The molecule has 1 saturated carbocycles. The summed E-state index contributed by atoms with van der Waals surface area (Å²) in [6.45, 7) is 2.22. The Kier molecular flexibility index (Phi) is 2.96. The maximum Gasteiger partial charge on any atom is 0.424 e. The van der Waals surface area contributed by atoms with E-state index in [2.05, 4.69) is 22.2 Å². The molecular formula is C16H21N4O+. The first-order valence-corrected chi connectivity index (χ1v) is 7.90. The smallest absolute Gasteiger partial charge is 0.346 e. The Morgan fingerprint density at radius 3 is 2.95 bits per heavy atom. The number of nitrogens with one attached hydrogen (secondary N) is 3. The molecule has 2 atom stereocenters. The van der Waals surface area contributed by atoms with Crippen LogP contribution in [-0.4, -0.2) is 22.0 Å². The van der Waals surface area contributed by atoms with Gasteiger partial charge in [-0.05, 0) is 25.8 Å². The third kappa shape index (κ3) is 1.95. The largest absolute Gasteiger partial charge is 0.424 e. The van der Waals surface area contributed by atoms with Crippen LogP contribution in [0.15, 0.2) is 18.5 Å². The van der Waals surface area contributed by atoms with Crippen molar-refractivity contribution in [2.75, 3.05) is 5.32 Å². The minimum atomic E-state index is 0.0681. The van der Waals surface area contributed by atoms with Gasteiger partial charge in [-0.2, -0.15) is 0 Å². The molecule has 21 heavy (non-hydrogen) atoms. The molecule has 0 bridgehead atoms. The summed E-state index contributed by atoms with van der Waals surface area (Å²) in [5.41, 5.74) is 2.80. The highest BCUT2D eigenvalue weighted by Crippen LogP contribution is 2.32. The Morgan fingerprint density at radius 2 is 2.14 bits per heavy atom. The average Bonchev–Trinajstić information content (AvgIpc) is 3.10. The second kappa shape index (κ2) is 4.84. The number of hydrogen-bond donors (Lipinski definition) is 3. The van der Waals surface area contributed by atoms with Gasteiger partial charge >= 0.3 is 6.03 Å². The van der Waals surface area contributed by atoms with Crippen LogP contribution in [0.25, 0.3) is 11.0 Å². The van der Waals surface area contributed by atoms with Gasteiger partial charge in [-0.3, -0.25) is 5.32 Å². The molecule has 3 heterocycles. The number of quaternary nitrogens is 1. The summed E-state index contributed by atoms with van der Waals surface area (Å²) in [4.78, 5) is 21.0. The van der Waals surface area contributed by atoms with Crippen molar-refractivity contribution in [1.82, 2.24) is 9.97 Å². The number of hydrogen-bond acceptors (Lipinski definition) is 2. The molecule has 1 aliphatic heterocycles. The van der Waals surface area contributed by atoms with E-state index in [1.54, 1.807) is 6.20 Å². The minimum absolute atomic E-state index is 0.0681. The maximum atomic E-state index is 12.5. The number of H-pyrrole nitrogens is 1. The number of nitrogens with zero attached hydrogens (tertiary/aromatic N) is 1. The standard InChI is InChI=1S/C16H20N4O/c1-10(11-5-3-2-4-6-11)20-14-12-7-8-17-15(12)18-9-13(14)19-16(20)21/h7-11H,2-6H2,1H3,(H,17,18)(H,19,21)/p+1/t10-/m1/s1. The maximum absolute atomic E-state index is 12.5. The van der Waals surface area contributed by atoms with E-state index >= 15 is 0 Å². The number of carbonyl (C=O) groups excluding carboxylic acids is 1. The van der Waals surface area contributed by atoms with Crippen molar-refractivity contribution in [3.63, 3.8) is 0 Å². The highest BCUT2D eigenvalue weighted by Gasteiger charge is 2.42. The fraction of sp³-hybridized carbons (Fsp3) is 0.500. The predicted octanol–water partition coefficient (Wildman–Crippen LogP) is 2.59. The molecule has 1 fully saturated rings. The lowest BCUT2D eigenvalue weighted by Crippen LogP contribution is -3.13. The SMILES string of the molecule is C[C@H](C1CCCCC1)[NH+]1C(=O)Nc2cnc3[nH]ccc3c21. The lowest BCUT2D eigenvalue weighted by atomic mass is 9.84. The number of amides is 2. The summed E-state index contributed by atoms with van der Waals surface area (Å²) in [5.74, 6) is 0.632. The van der Waals surface area contributed by atoms with Crippen molar-refractivity contribution in [1.29, 1.82) is 0 Å². The van der Waals surface area contributed by atoms with Crippen molar-refractivity contribution >= 4 is 28.4 Å². The Morgan fingerprint density at radius 1 is 1.33 bits per heavy atom. The summed E-state index contributed by atoms with van der Waals surface area (Å²) < 4.78 is 0. The molecule has 4 rings (SSSR count). The Bertz CT molecular complexity index is 687. The van der Waals surface area contributed by atoms with Crippen LogP contribution in [0.2, 0.25) is 0 Å². The molecule has 2 aromatic heterocycles. The third-order valence-corrected chi connectivity index (χ3v) is 5.16. The van der Waals surface area contributed by atoms with Crippen LogP contribution >= 0.6 is 0 Å². The summed E-state index contributed by atoms with van der Waals surface area (Å²) in [7, 11) is 0. The van der Waals surface area contributed by atoms with Crippen molar-refractivity contribution in [3.8, 4) is 0 Å². The number of rotatable bonds is 2. The average molecular weight is 285 g/mol. The zero-order valence-corrected chi connectivity index (χ0v) is 12.3.